The Morgan fingerprint density at radius 2 is 2.17 bits per heavy atom. The number of carbonyl (C=O) groups excluding carboxylic acids is 1. The Labute approximate surface area is 143 Å². The molecule has 0 radical (unpaired) electrons. The molecule has 0 bridgehead atoms. The topological polar surface area (TPSA) is 68.5 Å². The van der Waals surface area contributed by atoms with E-state index in [1.807, 2.05) is 30.3 Å². The van der Waals surface area contributed by atoms with Gasteiger partial charge in [0.05, 0.1) is 16.2 Å². The van der Waals surface area contributed by atoms with Crippen LogP contribution in [0.4, 0.5) is 5.69 Å². The summed E-state index contributed by atoms with van der Waals surface area (Å²) in [6.45, 7) is 1.52. The Kier molecular flexibility index (Phi) is 4.81. The third-order valence-electron chi connectivity index (χ3n) is 3.96. The number of nitrogens with two attached hydrogens (primary N) is 1. The molecule has 23 heavy (non-hydrogen) atoms. The van der Waals surface area contributed by atoms with Crippen LogP contribution in [0.3, 0.4) is 0 Å². The van der Waals surface area contributed by atoms with Crippen molar-refractivity contribution in [2.45, 2.75) is 18.9 Å². The van der Waals surface area contributed by atoms with Gasteiger partial charge < -0.3 is 15.4 Å². The molecule has 0 spiro atoms. The predicted octanol–water partition coefficient (Wildman–Crippen LogP) is 2.99. The Morgan fingerprint density at radius 3 is 2.91 bits per heavy atom. The van der Waals surface area contributed by atoms with E-state index in [-0.39, 0.29) is 11.7 Å². The number of pyridine rings is 1. The maximum atomic E-state index is 11.4. The van der Waals surface area contributed by atoms with Gasteiger partial charge in [0.1, 0.15) is 18.1 Å². The van der Waals surface area contributed by atoms with Crippen LogP contribution in [0.25, 0.3) is 0 Å². The van der Waals surface area contributed by atoms with Crippen molar-refractivity contribution in [3.05, 3.63) is 52.8 Å². The molecule has 6 heteroatoms. The second kappa shape index (κ2) is 7.00. The van der Waals surface area contributed by atoms with Crippen LogP contribution >= 0.6 is 15.9 Å². The molecule has 5 nitrogen and oxygen atoms in total. The van der Waals surface area contributed by atoms with Crippen molar-refractivity contribution in [1.82, 2.24) is 4.98 Å². The number of para-hydroxylation sites is 1. The lowest BCUT2D eigenvalue weighted by Gasteiger charge is -2.28. The van der Waals surface area contributed by atoms with Crippen LogP contribution < -0.4 is 15.4 Å². The number of primary amides is 1. The molecule has 1 amide bonds. The number of ether oxygens (including phenoxy) is 1. The summed E-state index contributed by atoms with van der Waals surface area (Å²) < 4.78 is 6.75. The molecule has 1 fully saturated rings. The van der Waals surface area contributed by atoms with E-state index < -0.39 is 5.91 Å². The van der Waals surface area contributed by atoms with E-state index in [9.17, 15) is 4.79 Å². The smallest absolute Gasteiger partial charge is 0.267 e. The third-order valence-corrected chi connectivity index (χ3v) is 4.57. The molecule has 3 rings (SSSR count). The van der Waals surface area contributed by atoms with Crippen LogP contribution in [0, 0.1) is 0 Å². The minimum Gasteiger partial charge on any atom is -0.491 e. The molecule has 1 aliphatic rings. The van der Waals surface area contributed by atoms with Crippen molar-refractivity contribution in [2.75, 3.05) is 18.1 Å². The highest BCUT2D eigenvalue weighted by molar-refractivity contribution is 9.10. The first kappa shape index (κ1) is 15.8. The van der Waals surface area contributed by atoms with Crippen LogP contribution in [0.2, 0.25) is 0 Å². The average Bonchev–Trinajstić information content (AvgIpc) is 3.02. The molecule has 1 saturated heterocycles. The van der Waals surface area contributed by atoms with Crippen LogP contribution in [0.5, 0.6) is 5.75 Å². The number of aromatic nitrogens is 1. The molecule has 2 heterocycles. The SMILES string of the molecule is NC(=O)c1cc(N2CCC[C@@H]2COc2ccccc2)c(Br)cn1. The van der Waals surface area contributed by atoms with Gasteiger partial charge in [-0.25, -0.2) is 4.98 Å². The zero-order chi connectivity index (χ0) is 16.2. The van der Waals surface area contributed by atoms with Gasteiger partial charge in [-0.15, -0.1) is 0 Å². The number of anilines is 1. The van der Waals surface area contributed by atoms with Gasteiger partial charge in [-0.1, -0.05) is 18.2 Å². The van der Waals surface area contributed by atoms with E-state index in [1.54, 1.807) is 12.3 Å². The normalized spacial score (nSPS) is 17.3. The first-order valence-electron chi connectivity index (χ1n) is 7.55. The fourth-order valence-corrected chi connectivity index (χ4v) is 3.26. The lowest BCUT2D eigenvalue weighted by Crippen LogP contribution is -2.34. The van der Waals surface area contributed by atoms with Gasteiger partial charge in [-0.05, 0) is 47.0 Å². The number of carbonyl (C=O) groups is 1. The van der Waals surface area contributed by atoms with E-state index >= 15 is 0 Å². The Bertz CT molecular complexity index is 693. The molecular formula is C17H18BrN3O2. The highest BCUT2D eigenvalue weighted by atomic mass is 79.9. The minimum atomic E-state index is -0.518. The average molecular weight is 376 g/mol. The van der Waals surface area contributed by atoms with Crippen molar-refractivity contribution >= 4 is 27.5 Å². The van der Waals surface area contributed by atoms with Crippen molar-refractivity contribution in [3.8, 4) is 5.75 Å². The molecule has 0 aliphatic carbocycles. The lowest BCUT2D eigenvalue weighted by atomic mass is 10.2. The second-order valence-electron chi connectivity index (χ2n) is 5.50. The predicted molar refractivity (Wildman–Crippen MR) is 92.8 cm³/mol. The summed E-state index contributed by atoms with van der Waals surface area (Å²) in [5.41, 5.74) is 6.55. The van der Waals surface area contributed by atoms with E-state index in [0.29, 0.717) is 6.61 Å². The van der Waals surface area contributed by atoms with Crippen LogP contribution in [0.1, 0.15) is 23.3 Å². The Hall–Kier alpha value is -2.08. The summed E-state index contributed by atoms with van der Waals surface area (Å²) in [7, 11) is 0. The lowest BCUT2D eigenvalue weighted by molar-refractivity contribution is 0.0995. The molecule has 1 atom stereocenters. The van der Waals surface area contributed by atoms with Gasteiger partial charge in [-0.3, -0.25) is 4.79 Å². The molecule has 0 unspecified atom stereocenters. The second-order valence-corrected chi connectivity index (χ2v) is 6.35. The molecule has 2 N–H and O–H groups in total. The van der Waals surface area contributed by atoms with Gasteiger partial charge in [0, 0.05) is 12.7 Å². The highest BCUT2D eigenvalue weighted by Gasteiger charge is 2.27. The number of hydrogen-bond acceptors (Lipinski definition) is 4. The van der Waals surface area contributed by atoms with Gasteiger partial charge in [0.25, 0.3) is 5.91 Å². The van der Waals surface area contributed by atoms with Gasteiger partial charge in [0.2, 0.25) is 0 Å². The summed E-state index contributed by atoms with van der Waals surface area (Å²) in [6.07, 6.45) is 3.76. The summed E-state index contributed by atoms with van der Waals surface area (Å²) in [5.74, 6) is 0.348. The molecule has 1 aromatic carbocycles. The van der Waals surface area contributed by atoms with Crippen LogP contribution in [0.15, 0.2) is 47.1 Å². The quantitative estimate of drug-likeness (QED) is 0.871. The number of amides is 1. The molecule has 120 valence electrons. The first-order valence-corrected chi connectivity index (χ1v) is 8.34. The molecule has 1 aliphatic heterocycles. The van der Waals surface area contributed by atoms with Gasteiger partial charge in [0.15, 0.2) is 0 Å². The minimum absolute atomic E-state index is 0.259. The van der Waals surface area contributed by atoms with Crippen LogP contribution in [-0.2, 0) is 0 Å². The molecule has 1 aromatic heterocycles. The third kappa shape index (κ3) is 3.64. The zero-order valence-corrected chi connectivity index (χ0v) is 14.2. The number of hydrogen-bond donors (Lipinski definition) is 1. The number of rotatable bonds is 5. The van der Waals surface area contributed by atoms with Gasteiger partial charge >= 0.3 is 0 Å². The molecule has 0 saturated carbocycles. The van der Waals surface area contributed by atoms with E-state index in [0.717, 1.165) is 35.3 Å². The summed E-state index contributed by atoms with van der Waals surface area (Å²) >= 11 is 3.52. The first-order chi connectivity index (χ1) is 11.1. The molecule has 2 aromatic rings. The fraction of sp³-hybridized carbons (Fsp3) is 0.294. The number of benzene rings is 1. The Balaban J connectivity index is 1.76. The maximum Gasteiger partial charge on any atom is 0.267 e. The maximum absolute atomic E-state index is 11.4. The zero-order valence-electron chi connectivity index (χ0n) is 12.6. The highest BCUT2D eigenvalue weighted by Crippen LogP contribution is 2.32. The number of halogens is 1. The summed E-state index contributed by atoms with van der Waals surface area (Å²) in [5, 5.41) is 0. The van der Waals surface area contributed by atoms with E-state index in [1.165, 1.54) is 0 Å². The van der Waals surface area contributed by atoms with E-state index in [2.05, 4.69) is 25.8 Å². The summed E-state index contributed by atoms with van der Waals surface area (Å²) in [4.78, 5) is 17.7. The standard InChI is InChI=1S/C17H18BrN3O2/c18-14-10-20-15(17(19)22)9-16(14)21-8-4-5-12(21)11-23-13-6-2-1-3-7-13/h1-3,6-7,9-10,12H,4-5,8,11H2,(H2,19,22)/t12-/m1/s1. The molecular weight excluding hydrogens is 358 g/mol. The monoisotopic (exact) mass is 375 g/mol. The van der Waals surface area contributed by atoms with Crippen molar-refractivity contribution < 1.29 is 9.53 Å². The van der Waals surface area contributed by atoms with Crippen molar-refractivity contribution in [2.24, 2.45) is 5.73 Å². The number of nitrogens with zero attached hydrogens (tertiary/aromatic N) is 2. The Morgan fingerprint density at radius 1 is 1.39 bits per heavy atom. The van der Waals surface area contributed by atoms with Crippen molar-refractivity contribution in [3.63, 3.8) is 0 Å². The largest absolute Gasteiger partial charge is 0.491 e. The van der Waals surface area contributed by atoms with E-state index in [4.69, 9.17) is 10.5 Å². The van der Waals surface area contributed by atoms with Crippen LogP contribution in [-0.4, -0.2) is 30.1 Å². The summed E-state index contributed by atoms with van der Waals surface area (Å²) in [6, 6.07) is 11.8. The van der Waals surface area contributed by atoms with Gasteiger partial charge in [-0.2, -0.15) is 0 Å². The fourth-order valence-electron chi connectivity index (χ4n) is 2.82. The van der Waals surface area contributed by atoms with Crippen molar-refractivity contribution in [1.29, 1.82) is 0 Å².